The smallest absolute Gasteiger partial charge is 0.257 e. The molecule has 1 amide bonds. The predicted octanol–water partition coefficient (Wildman–Crippen LogP) is 3.72. The maximum absolute atomic E-state index is 12.6. The molecule has 0 aliphatic heterocycles. The minimum atomic E-state index is -0.172. The zero-order valence-corrected chi connectivity index (χ0v) is 15.5. The van der Waals surface area contributed by atoms with Gasteiger partial charge in [-0.15, -0.1) is 0 Å². The van der Waals surface area contributed by atoms with Crippen molar-refractivity contribution in [3.05, 3.63) is 66.0 Å². The summed E-state index contributed by atoms with van der Waals surface area (Å²) in [5, 5.41) is 10.3. The molecule has 0 saturated carbocycles. The first-order valence-electron chi connectivity index (χ1n) is 8.58. The number of H-pyrrole nitrogens is 1. The molecule has 0 aliphatic carbocycles. The van der Waals surface area contributed by atoms with E-state index in [-0.39, 0.29) is 5.91 Å². The molecule has 0 fully saturated rings. The number of imidazole rings is 1. The second-order valence-corrected chi connectivity index (χ2v) is 6.86. The fraction of sp³-hybridized carbons (Fsp3) is 0.158. The number of para-hydroxylation sites is 2. The highest BCUT2D eigenvalue weighted by molar-refractivity contribution is 7.98. The van der Waals surface area contributed by atoms with Crippen molar-refractivity contribution in [2.75, 3.05) is 5.32 Å². The Bertz CT molecular complexity index is 1060. The molecule has 0 unspecified atom stereocenters. The van der Waals surface area contributed by atoms with E-state index in [2.05, 4.69) is 25.5 Å². The van der Waals surface area contributed by atoms with E-state index in [4.69, 9.17) is 0 Å². The van der Waals surface area contributed by atoms with Gasteiger partial charge in [0.2, 0.25) is 5.95 Å². The number of aryl methyl sites for hydroxylation is 1. The first kappa shape index (κ1) is 17.3. The number of aromatic amines is 1. The van der Waals surface area contributed by atoms with Gasteiger partial charge in [0.15, 0.2) is 5.16 Å². The van der Waals surface area contributed by atoms with Crippen LogP contribution in [0.15, 0.2) is 60.0 Å². The van der Waals surface area contributed by atoms with Crippen LogP contribution in [-0.4, -0.2) is 30.6 Å². The van der Waals surface area contributed by atoms with Crippen LogP contribution in [0.5, 0.6) is 0 Å². The summed E-state index contributed by atoms with van der Waals surface area (Å²) in [6.45, 7) is 2.76. The minimum Gasteiger partial charge on any atom is -0.310 e. The first-order chi connectivity index (χ1) is 13.2. The number of aromatic nitrogens is 5. The molecular weight excluding hydrogens is 360 g/mol. The number of carbonyl (C=O) groups is 1. The van der Waals surface area contributed by atoms with Crippen LogP contribution in [0, 0.1) is 0 Å². The maximum Gasteiger partial charge on any atom is 0.257 e. The molecule has 4 aromatic rings. The lowest BCUT2D eigenvalue weighted by atomic mass is 10.1. The Hall–Kier alpha value is -3.13. The number of benzene rings is 2. The van der Waals surface area contributed by atoms with Crippen LogP contribution in [0.3, 0.4) is 0 Å². The third kappa shape index (κ3) is 3.70. The fourth-order valence-electron chi connectivity index (χ4n) is 2.83. The van der Waals surface area contributed by atoms with Gasteiger partial charge in [-0.1, -0.05) is 36.0 Å². The lowest BCUT2D eigenvalue weighted by molar-refractivity contribution is 0.102. The van der Waals surface area contributed by atoms with Crippen LogP contribution in [0.25, 0.3) is 11.0 Å². The third-order valence-electron chi connectivity index (χ3n) is 4.18. The molecule has 0 spiro atoms. The number of thioether (sulfide) groups is 1. The zero-order chi connectivity index (χ0) is 18.6. The van der Waals surface area contributed by atoms with Gasteiger partial charge in [-0.2, -0.15) is 5.10 Å². The molecule has 2 aromatic carbocycles. The average Bonchev–Trinajstić information content (AvgIpc) is 3.33. The molecule has 0 bridgehead atoms. The average molecular weight is 378 g/mol. The van der Waals surface area contributed by atoms with Crippen molar-refractivity contribution in [1.29, 1.82) is 0 Å². The van der Waals surface area contributed by atoms with Gasteiger partial charge < -0.3 is 4.57 Å². The molecule has 2 aromatic heterocycles. The van der Waals surface area contributed by atoms with Crippen LogP contribution in [-0.2, 0) is 12.3 Å². The van der Waals surface area contributed by atoms with Crippen molar-refractivity contribution >= 4 is 34.7 Å². The molecule has 8 heteroatoms. The number of anilines is 1. The Kier molecular flexibility index (Phi) is 4.88. The van der Waals surface area contributed by atoms with E-state index in [1.165, 1.54) is 6.33 Å². The van der Waals surface area contributed by atoms with Crippen molar-refractivity contribution in [1.82, 2.24) is 24.7 Å². The second-order valence-electron chi connectivity index (χ2n) is 5.90. The Labute approximate surface area is 160 Å². The molecule has 0 radical (unpaired) electrons. The number of nitrogens with zero attached hydrogens (tertiary/aromatic N) is 4. The van der Waals surface area contributed by atoms with Gasteiger partial charge in [0.1, 0.15) is 6.33 Å². The summed E-state index contributed by atoms with van der Waals surface area (Å²) in [4.78, 5) is 21.2. The largest absolute Gasteiger partial charge is 0.310 e. The van der Waals surface area contributed by atoms with Crippen LogP contribution >= 0.6 is 11.8 Å². The molecule has 0 atom stereocenters. The minimum absolute atomic E-state index is 0.172. The van der Waals surface area contributed by atoms with Gasteiger partial charge in [0.05, 0.1) is 11.0 Å². The van der Waals surface area contributed by atoms with Gasteiger partial charge in [-0.25, -0.2) is 9.97 Å². The second kappa shape index (κ2) is 7.63. The van der Waals surface area contributed by atoms with Crippen molar-refractivity contribution in [2.45, 2.75) is 24.4 Å². The monoisotopic (exact) mass is 378 g/mol. The third-order valence-corrected chi connectivity index (χ3v) is 5.13. The van der Waals surface area contributed by atoms with Gasteiger partial charge in [0, 0.05) is 17.9 Å². The molecule has 0 aliphatic rings. The topological polar surface area (TPSA) is 88.5 Å². The predicted molar refractivity (Wildman–Crippen MR) is 106 cm³/mol. The van der Waals surface area contributed by atoms with E-state index < -0.39 is 0 Å². The van der Waals surface area contributed by atoms with E-state index in [1.807, 2.05) is 60.0 Å². The van der Waals surface area contributed by atoms with E-state index >= 15 is 0 Å². The number of carbonyl (C=O) groups excluding carboxylic acids is 1. The highest BCUT2D eigenvalue weighted by Gasteiger charge is 2.13. The standard InChI is InChI=1S/C19H18N6OS/c1-2-25-16-6-4-3-5-15(16)22-18(25)23-17(26)14-9-7-13(8-10-14)11-27-19-20-12-21-24-19/h3-10,12H,2,11H2,1H3,(H,20,21,24)(H,22,23,26). The quantitative estimate of drug-likeness (QED) is 0.499. The Morgan fingerprint density at radius 3 is 2.74 bits per heavy atom. The molecule has 2 heterocycles. The van der Waals surface area contributed by atoms with Gasteiger partial charge in [0.25, 0.3) is 5.91 Å². The summed E-state index contributed by atoms with van der Waals surface area (Å²) < 4.78 is 2.00. The summed E-state index contributed by atoms with van der Waals surface area (Å²) >= 11 is 1.56. The van der Waals surface area contributed by atoms with E-state index in [1.54, 1.807) is 11.8 Å². The van der Waals surface area contributed by atoms with E-state index in [0.717, 1.165) is 34.1 Å². The van der Waals surface area contributed by atoms with Gasteiger partial charge >= 0.3 is 0 Å². The Morgan fingerprint density at radius 1 is 1.19 bits per heavy atom. The molecule has 136 valence electrons. The highest BCUT2D eigenvalue weighted by Crippen LogP contribution is 2.21. The number of fused-ring (bicyclic) bond motifs is 1. The zero-order valence-electron chi connectivity index (χ0n) is 14.7. The highest BCUT2D eigenvalue weighted by atomic mass is 32.2. The number of rotatable bonds is 6. The van der Waals surface area contributed by atoms with Gasteiger partial charge in [-0.3, -0.25) is 15.2 Å². The molecule has 7 nitrogen and oxygen atoms in total. The molecule has 2 N–H and O–H groups in total. The number of nitrogens with one attached hydrogen (secondary N) is 2. The van der Waals surface area contributed by atoms with Crippen molar-refractivity contribution < 1.29 is 4.79 Å². The SMILES string of the molecule is CCn1c(NC(=O)c2ccc(CSc3ncn[nH]3)cc2)nc2ccccc21. The summed E-state index contributed by atoms with van der Waals surface area (Å²) in [7, 11) is 0. The summed E-state index contributed by atoms with van der Waals surface area (Å²) in [5.41, 5.74) is 3.58. The van der Waals surface area contributed by atoms with Crippen LogP contribution in [0.1, 0.15) is 22.8 Å². The number of amides is 1. The Morgan fingerprint density at radius 2 is 2.00 bits per heavy atom. The first-order valence-corrected chi connectivity index (χ1v) is 9.57. The molecular formula is C19H18N6OS. The number of hydrogen-bond donors (Lipinski definition) is 2. The summed E-state index contributed by atoms with van der Waals surface area (Å²) in [6.07, 6.45) is 1.49. The van der Waals surface area contributed by atoms with Crippen molar-refractivity contribution in [3.63, 3.8) is 0 Å². The maximum atomic E-state index is 12.6. The van der Waals surface area contributed by atoms with Crippen LogP contribution in [0.2, 0.25) is 0 Å². The molecule has 4 rings (SSSR count). The van der Waals surface area contributed by atoms with Crippen molar-refractivity contribution in [3.8, 4) is 0 Å². The summed E-state index contributed by atoms with van der Waals surface area (Å²) in [5.74, 6) is 1.14. The van der Waals surface area contributed by atoms with Gasteiger partial charge in [-0.05, 0) is 36.8 Å². The molecule has 0 saturated heterocycles. The molecule has 27 heavy (non-hydrogen) atoms. The van der Waals surface area contributed by atoms with E-state index in [9.17, 15) is 4.79 Å². The van der Waals surface area contributed by atoms with Crippen LogP contribution < -0.4 is 5.32 Å². The Balaban J connectivity index is 1.47. The fourth-order valence-corrected chi connectivity index (χ4v) is 3.57. The van der Waals surface area contributed by atoms with E-state index in [0.29, 0.717) is 11.5 Å². The number of hydrogen-bond acceptors (Lipinski definition) is 5. The lowest BCUT2D eigenvalue weighted by Gasteiger charge is -2.08. The summed E-state index contributed by atoms with van der Waals surface area (Å²) in [6, 6.07) is 15.4. The lowest BCUT2D eigenvalue weighted by Crippen LogP contribution is -2.15. The van der Waals surface area contributed by atoms with Crippen molar-refractivity contribution in [2.24, 2.45) is 0 Å². The van der Waals surface area contributed by atoms with Crippen LogP contribution in [0.4, 0.5) is 5.95 Å². The normalized spacial score (nSPS) is 11.0.